The molecule has 24 heavy (non-hydrogen) atoms. The predicted molar refractivity (Wildman–Crippen MR) is 86.3 cm³/mol. The average molecular weight is 356 g/mol. The molecule has 2 N–H and O–H groups in total. The van der Waals surface area contributed by atoms with Crippen LogP contribution in [0.2, 0.25) is 0 Å². The summed E-state index contributed by atoms with van der Waals surface area (Å²) in [7, 11) is -3.67. The Kier molecular flexibility index (Phi) is 4.16. The van der Waals surface area contributed by atoms with Crippen LogP contribution in [0, 0.1) is 24.4 Å². The van der Waals surface area contributed by atoms with Gasteiger partial charge in [-0.25, -0.2) is 21.6 Å². The molecule has 1 fully saturated rings. The summed E-state index contributed by atoms with van der Waals surface area (Å²) in [5.41, 5.74) is -0.0489. The zero-order chi connectivity index (χ0) is 17.5. The first kappa shape index (κ1) is 16.6. The van der Waals surface area contributed by atoms with Crippen LogP contribution >= 0.6 is 0 Å². The topological polar surface area (TPSA) is 58.2 Å². The largest absolute Gasteiger partial charge is 0.349 e. The van der Waals surface area contributed by atoms with E-state index in [2.05, 4.69) is 10.0 Å². The molecule has 1 aliphatic rings. The lowest BCUT2D eigenvalue weighted by Crippen LogP contribution is -2.18. The Balaban J connectivity index is 2.00. The molecule has 2 aromatic carbocycles. The summed E-state index contributed by atoms with van der Waals surface area (Å²) in [6.07, 6.45) is 1.04. The molecule has 3 rings (SSSR count). The quantitative estimate of drug-likeness (QED) is 0.849. The summed E-state index contributed by atoms with van der Waals surface area (Å²) >= 11 is 0. The SMILES string of the molecule is Cc1ccc(Nc2c(NS(=O)(=O)C3CC3)ccc(F)c2F)c(F)c1. The molecular weight excluding hydrogens is 341 g/mol. The molecule has 0 aromatic heterocycles. The lowest BCUT2D eigenvalue weighted by molar-refractivity contribution is 0.512. The molecule has 4 nitrogen and oxygen atoms in total. The molecule has 2 aromatic rings. The van der Waals surface area contributed by atoms with Crippen LogP contribution in [-0.2, 0) is 10.0 Å². The van der Waals surface area contributed by atoms with E-state index in [1.165, 1.54) is 12.1 Å². The van der Waals surface area contributed by atoms with Crippen molar-refractivity contribution in [2.24, 2.45) is 0 Å². The molecule has 0 bridgehead atoms. The summed E-state index contributed by atoms with van der Waals surface area (Å²) in [6, 6.07) is 6.11. The third-order valence-electron chi connectivity index (χ3n) is 3.69. The lowest BCUT2D eigenvalue weighted by Gasteiger charge is -2.16. The summed E-state index contributed by atoms with van der Waals surface area (Å²) in [4.78, 5) is 0. The van der Waals surface area contributed by atoms with Crippen LogP contribution in [0.4, 0.5) is 30.2 Å². The highest BCUT2D eigenvalue weighted by atomic mass is 32.2. The molecule has 0 spiro atoms. The highest BCUT2D eigenvalue weighted by Crippen LogP contribution is 2.35. The van der Waals surface area contributed by atoms with E-state index in [4.69, 9.17) is 0 Å². The maximum Gasteiger partial charge on any atom is 0.235 e. The van der Waals surface area contributed by atoms with Crippen LogP contribution in [0.5, 0.6) is 0 Å². The Morgan fingerprint density at radius 1 is 1.00 bits per heavy atom. The normalized spacial score (nSPS) is 14.5. The van der Waals surface area contributed by atoms with Crippen LogP contribution in [-0.4, -0.2) is 13.7 Å². The third kappa shape index (κ3) is 3.33. The molecule has 0 atom stereocenters. The molecule has 0 heterocycles. The standard InChI is InChI=1S/C16H15F3N2O2S/c1-9-2-6-13(12(18)8-9)20-16-14(7-5-11(17)15(16)19)21-24(22,23)10-3-4-10/h2,5-8,10,20-21H,3-4H2,1H3. The van der Waals surface area contributed by atoms with E-state index >= 15 is 0 Å². The van der Waals surface area contributed by atoms with Gasteiger partial charge in [0.05, 0.1) is 16.6 Å². The zero-order valence-corrected chi connectivity index (χ0v) is 13.6. The minimum absolute atomic E-state index is 0.0861. The summed E-state index contributed by atoms with van der Waals surface area (Å²) in [5.74, 6) is -3.11. The highest BCUT2D eigenvalue weighted by Gasteiger charge is 2.36. The zero-order valence-electron chi connectivity index (χ0n) is 12.7. The van der Waals surface area contributed by atoms with Crippen molar-refractivity contribution < 1.29 is 21.6 Å². The monoisotopic (exact) mass is 356 g/mol. The fourth-order valence-electron chi connectivity index (χ4n) is 2.23. The van der Waals surface area contributed by atoms with Crippen molar-refractivity contribution in [2.75, 3.05) is 10.0 Å². The van der Waals surface area contributed by atoms with Crippen LogP contribution in [0.3, 0.4) is 0 Å². The number of nitrogens with one attached hydrogen (secondary N) is 2. The number of hydrogen-bond donors (Lipinski definition) is 2. The van der Waals surface area contributed by atoms with Crippen molar-refractivity contribution in [3.63, 3.8) is 0 Å². The van der Waals surface area contributed by atoms with Crippen molar-refractivity contribution >= 4 is 27.1 Å². The number of sulfonamides is 1. The molecule has 1 saturated carbocycles. The second kappa shape index (κ2) is 6.01. The van der Waals surface area contributed by atoms with Crippen molar-refractivity contribution in [1.29, 1.82) is 0 Å². The Hall–Kier alpha value is -2.22. The molecule has 0 saturated heterocycles. The number of benzene rings is 2. The van der Waals surface area contributed by atoms with Crippen LogP contribution in [0.1, 0.15) is 18.4 Å². The van der Waals surface area contributed by atoms with Gasteiger partial charge in [-0.3, -0.25) is 4.72 Å². The van der Waals surface area contributed by atoms with E-state index in [9.17, 15) is 21.6 Å². The van der Waals surface area contributed by atoms with E-state index in [0.717, 1.165) is 12.1 Å². The lowest BCUT2D eigenvalue weighted by atomic mass is 10.2. The predicted octanol–water partition coefficient (Wildman–Crippen LogP) is 4.06. The van der Waals surface area contributed by atoms with E-state index in [-0.39, 0.29) is 11.4 Å². The maximum atomic E-state index is 14.2. The summed E-state index contributed by atoms with van der Waals surface area (Å²) < 4.78 is 68.0. The van der Waals surface area contributed by atoms with E-state index in [1.807, 2.05) is 0 Å². The van der Waals surface area contributed by atoms with Gasteiger partial charge in [0, 0.05) is 0 Å². The maximum absolute atomic E-state index is 14.2. The molecular formula is C16H15F3N2O2S. The fraction of sp³-hybridized carbons (Fsp3) is 0.250. The van der Waals surface area contributed by atoms with Gasteiger partial charge in [0.2, 0.25) is 10.0 Å². The number of rotatable bonds is 5. The van der Waals surface area contributed by atoms with Gasteiger partial charge in [0.25, 0.3) is 0 Å². The van der Waals surface area contributed by atoms with Gasteiger partial charge >= 0.3 is 0 Å². The first-order valence-electron chi connectivity index (χ1n) is 7.31. The van der Waals surface area contributed by atoms with Crippen LogP contribution in [0.15, 0.2) is 30.3 Å². The number of halogens is 3. The van der Waals surface area contributed by atoms with Gasteiger partial charge in [-0.2, -0.15) is 0 Å². The van der Waals surface area contributed by atoms with E-state index < -0.39 is 38.4 Å². The molecule has 8 heteroatoms. The Bertz CT molecular complexity index is 896. The van der Waals surface area contributed by atoms with Crippen molar-refractivity contribution in [3.8, 4) is 0 Å². The average Bonchev–Trinajstić information content (AvgIpc) is 3.34. The first-order valence-corrected chi connectivity index (χ1v) is 8.85. The van der Waals surface area contributed by atoms with Gasteiger partial charge in [0.15, 0.2) is 11.6 Å². The van der Waals surface area contributed by atoms with Crippen molar-refractivity contribution in [3.05, 3.63) is 53.3 Å². The molecule has 1 aliphatic carbocycles. The van der Waals surface area contributed by atoms with Crippen LogP contribution in [0.25, 0.3) is 0 Å². The number of anilines is 3. The van der Waals surface area contributed by atoms with Gasteiger partial charge in [-0.05, 0) is 49.6 Å². The molecule has 0 radical (unpaired) electrons. The Labute approximate surface area is 137 Å². The minimum atomic E-state index is -3.67. The van der Waals surface area contributed by atoms with E-state index in [0.29, 0.717) is 18.4 Å². The van der Waals surface area contributed by atoms with Crippen LogP contribution < -0.4 is 10.0 Å². The summed E-state index contributed by atoms with van der Waals surface area (Å²) in [6.45, 7) is 1.69. The molecule has 128 valence electrons. The Morgan fingerprint density at radius 2 is 1.67 bits per heavy atom. The smallest absolute Gasteiger partial charge is 0.235 e. The third-order valence-corrected chi connectivity index (χ3v) is 5.55. The number of aryl methyl sites for hydroxylation is 1. The van der Waals surface area contributed by atoms with E-state index in [1.54, 1.807) is 13.0 Å². The minimum Gasteiger partial charge on any atom is -0.349 e. The first-order chi connectivity index (χ1) is 11.3. The second-order valence-electron chi connectivity index (χ2n) is 5.74. The molecule has 0 aliphatic heterocycles. The number of hydrogen-bond acceptors (Lipinski definition) is 3. The van der Waals surface area contributed by atoms with Gasteiger partial charge in [0.1, 0.15) is 11.5 Å². The highest BCUT2D eigenvalue weighted by molar-refractivity contribution is 7.93. The van der Waals surface area contributed by atoms with Crippen molar-refractivity contribution in [1.82, 2.24) is 0 Å². The second-order valence-corrected chi connectivity index (χ2v) is 7.70. The van der Waals surface area contributed by atoms with Gasteiger partial charge in [-0.15, -0.1) is 0 Å². The van der Waals surface area contributed by atoms with Crippen molar-refractivity contribution in [2.45, 2.75) is 25.0 Å². The van der Waals surface area contributed by atoms with Gasteiger partial charge < -0.3 is 5.32 Å². The molecule has 0 unspecified atom stereocenters. The fourth-order valence-corrected chi connectivity index (χ4v) is 3.63. The van der Waals surface area contributed by atoms with Gasteiger partial charge in [-0.1, -0.05) is 6.07 Å². The summed E-state index contributed by atoms with van der Waals surface area (Å²) in [5, 5.41) is 1.91. The molecule has 0 amide bonds. The Morgan fingerprint density at radius 3 is 2.29 bits per heavy atom.